The second-order valence-electron chi connectivity index (χ2n) is 6.16. The van der Waals surface area contributed by atoms with Crippen LogP contribution in [0.25, 0.3) is 0 Å². The van der Waals surface area contributed by atoms with E-state index in [9.17, 15) is 9.59 Å². The number of furan rings is 1. The van der Waals surface area contributed by atoms with E-state index in [0.29, 0.717) is 44.2 Å². The van der Waals surface area contributed by atoms with Gasteiger partial charge >= 0.3 is 0 Å². The third-order valence-corrected chi connectivity index (χ3v) is 4.27. The molecule has 1 aliphatic rings. The SMILES string of the molecule is Cc1ccc(OCC(=O)N2CCN(CC(=O)c3ccco3)CC2)cc1. The van der Waals surface area contributed by atoms with Crippen LogP contribution in [0.4, 0.5) is 0 Å². The van der Waals surface area contributed by atoms with Crippen molar-refractivity contribution in [2.75, 3.05) is 39.3 Å². The average Bonchev–Trinajstić information content (AvgIpc) is 3.16. The molecule has 25 heavy (non-hydrogen) atoms. The van der Waals surface area contributed by atoms with Gasteiger partial charge in [0.1, 0.15) is 5.75 Å². The van der Waals surface area contributed by atoms with Crippen molar-refractivity contribution in [2.45, 2.75) is 6.92 Å². The number of piperazine rings is 1. The number of hydrogen-bond acceptors (Lipinski definition) is 5. The first-order valence-electron chi connectivity index (χ1n) is 8.38. The van der Waals surface area contributed by atoms with Gasteiger partial charge in [-0.05, 0) is 31.2 Å². The standard InChI is InChI=1S/C19H22N2O4/c1-15-4-6-16(7-5-15)25-14-19(23)21-10-8-20(9-11-21)13-17(22)18-3-2-12-24-18/h2-7,12H,8-11,13-14H2,1H3. The lowest BCUT2D eigenvalue weighted by molar-refractivity contribution is -0.135. The van der Waals surface area contributed by atoms with Crippen LogP contribution in [0.15, 0.2) is 47.1 Å². The molecule has 0 saturated carbocycles. The van der Waals surface area contributed by atoms with Crippen LogP contribution in [0.3, 0.4) is 0 Å². The highest BCUT2D eigenvalue weighted by molar-refractivity contribution is 5.95. The zero-order valence-corrected chi connectivity index (χ0v) is 14.3. The smallest absolute Gasteiger partial charge is 0.260 e. The Morgan fingerprint density at radius 3 is 2.44 bits per heavy atom. The number of rotatable bonds is 6. The highest BCUT2D eigenvalue weighted by atomic mass is 16.5. The van der Waals surface area contributed by atoms with E-state index in [-0.39, 0.29) is 18.3 Å². The quantitative estimate of drug-likeness (QED) is 0.752. The first-order valence-corrected chi connectivity index (χ1v) is 8.38. The summed E-state index contributed by atoms with van der Waals surface area (Å²) in [5.41, 5.74) is 1.15. The molecule has 0 bridgehead atoms. The van der Waals surface area contributed by atoms with E-state index >= 15 is 0 Å². The largest absolute Gasteiger partial charge is 0.484 e. The molecule has 0 N–H and O–H groups in total. The Labute approximate surface area is 147 Å². The number of nitrogens with zero attached hydrogens (tertiary/aromatic N) is 2. The number of benzene rings is 1. The fourth-order valence-corrected chi connectivity index (χ4v) is 2.74. The Hall–Kier alpha value is -2.60. The minimum Gasteiger partial charge on any atom is -0.484 e. The maximum absolute atomic E-state index is 12.3. The van der Waals surface area contributed by atoms with Crippen LogP contribution in [0, 0.1) is 6.92 Å². The van der Waals surface area contributed by atoms with E-state index in [0.717, 1.165) is 5.56 Å². The number of carbonyl (C=O) groups excluding carboxylic acids is 2. The van der Waals surface area contributed by atoms with E-state index < -0.39 is 0 Å². The highest BCUT2D eigenvalue weighted by Crippen LogP contribution is 2.12. The molecular weight excluding hydrogens is 320 g/mol. The Bertz CT molecular complexity index is 702. The Morgan fingerprint density at radius 1 is 1.08 bits per heavy atom. The fourth-order valence-electron chi connectivity index (χ4n) is 2.74. The molecule has 6 nitrogen and oxygen atoms in total. The molecule has 2 heterocycles. The Kier molecular flexibility index (Phi) is 5.50. The van der Waals surface area contributed by atoms with Crippen molar-refractivity contribution in [1.29, 1.82) is 0 Å². The summed E-state index contributed by atoms with van der Waals surface area (Å²) in [5.74, 6) is 1.01. The van der Waals surface area contributed by atoms with Gasteiger partial charge < -0.3 is 14.1 Å². The van der Waals surface area contributed by atoms with Crippen molar-refractivity contribution in [3.05, 3.63) is 54.0 Å². The predicted molar refractivity (Wildman–Crippen MR) is 92.7 cm³/mol. The van der Waals surface area contributed by atoms with Crippen LogP contribution in [0.1, 0.15) is 16.1 Å². The van der Waals surface area contributed by atoms with Crippen molar-refractivity contribution in [3.63, 3.8) is 0 Å². The van der Waals surface area contributed by atoms with E-state index in [2.05, 4.69) is 0 Å². The maximum atomic E-state index is 12.3. The fraction of sp³-hybridized carbons (Fsp3) is 0.368. The number of aryl methyl sites for hydroxylation is 1. The summed E-state index contributed by atoms with van der Waals surface area (Å²) in [6.07, 6.45) is 1.50. The van der Waals surface area contributed by atoms with Gasteiger partial charge in [-0.15, -0.1) is 0 Å². The first kappa shape index (κ1) is 17.2. The molecule has 1 amide bonds. The average molecular weight is 342 g/mol. The maximum Gasteiger partial charge on any atom is 0.260 e. The van der Waals surface area contributed by atoms with Crippen LogP contribution in [-0.4, -0.2) is 60.8 Å². The molecule has 6 heteroatoms. The molecule has 2 aromatic rings. The van der Waals surface area contributed by atoms with Gasteiger partial charge in [0.2, 0.25) is 5.78 Å². The molecule has 0 atom stereocenters. The lowest BCUT2D eigenvalue weighted by atomic mass is 10.2. The van der Waals surface area contributed by atoms with Crippen molar-refractivity contribution in [2.24, 2.45) is 0 Å². The topological polar surface area (TPSA) is 63.0 Å². The van der Waals surface area contributed by atoms with Gasteiger partial charge in [-0.1, -0.05) is 17.7 Å². The lowest BCUT2D eigenvalue weighted by Crippen LogP contribution is -2.51. The van der Waals surface area contributed by atoms with Crippen LogP contribution < -0.4 is 4.74 Å². The molecule has 0 spiro atoms. The molecule has 1 aliphatic heterocycles. The van der Waals surface area contributed by atoms with Crippen LogP contribution in [0.2, 0.25) is 0 Å². The normalized spacial score (nSPS) is 15.2. The molecular formula is C19H22N2O4. The minimum atomic E-state index is -0.0347. The number of hydrogen-bond donors (Lipinski definition) is 0. The summed E-state index contributed by atoms with van der Waals surface area (Å²) >= 11 is 0. The highest BCUT2D eigenvalue weighted by Gasteiger charge is 2.23. The zero-order chi connectivity index (χ0) is 17.6. The van der Waals surface area contributed by atoms with Gasteiger partial charge in [-0.25, -0.2) is 0 Å². The number of ether oxygens (including phenoxy) is 1. The van der Waals surface area contributed by atoms with E-state index in [1.54, 1.807) is 17.0 Å². The minimum absolute atomic E-state index is 0.0300. The van der Waals surface area contributed by atoms with Crippen molar-refractivity contribution >= 4 is 11.7 Å². The number of Topliss-reactive ketones (excluding diaryl/α,β-unsaturated/α-hetero) is 1. The predicted octanol–water partition coefficient (Wildman–Crippen LogP) is 1.99. The third-order valence-electron chi connectivity index (χ3n) is 4.27. The van der Waals surface area contributed by atoms with Gasteiger partial charge in [-0.2, -0.15) is 0 Å². The van der Waals surface area contributed by atoms with E-state index in [4.69, 9.17) is 9.15 Å². The van der Waals surface area contributed by atoms with Crippen molar-refractivity contribution < 1.29 is 18.7 Å². The van der Waals surface area contributed by atoms with Gasteiger partial charge in [0.25, 0.3) is 5.91 Å². The van der Waals surface area contributed by atoms with E-state index in [1.165, 1.54) is 6.26 Å². The van der Waals surface area contributed by atoms with Gasteiger partial charge in [0.05, 0.1) is 12.8 Å². The summed E-state index contributed by atoms with van der Waals surface area (Å²) in [6, 6.07) is 11.0. The van der Waals surface area contributed by atoms with Gasteiger partial charge in [0, 0.05) is 26.2 Å². The molecule has 0 unspecified atom stereocenters. The molecule has 1 saturated heterocycles. The summed E-state index contributed by atoms with van der Waals surface area (Å²) in [4.78, 5) is 28.1. The van der Waals surface area contributed by atoms with Gasteiger partial charge in [-0.3, -0.25) is 14.5 Å². The van der Waals surface area contributed by atoms with Crippen molar-refractivity contribution in [3.8, 4) is 5.75 Å². The summed E-state index contributed by atoms with van der Waals surface area (Å²) in [6.45, 7) is 4.89. The Morgan fingerprint density at radius 2 is 1.80 bits per heavy atom. The number of ketones is 1. The first-order chi connectivity index (χ1) is 12.1. The molecule has 1 fully saturated rings. The molecule has 0 aliphatic carbocycles. The molecule has 3 rings (SSSR count). The van der Waals surface area contributed by atoms with Crippen LogP contribution >= 0.6 is 0 Å². The molecule has 0 radical (unpaired) electrons. The molecule has 132 valence electrons. The monoisotopic (exact) mass is 342 g/mol. The number of carbonyl (C=O) groups is 2. The summed E-state index contributed by atoms with van der Waals surface area (Å²) in [5, 5.41) is 0. The van der Waals surface area contributed by atoms with Gasteiger partial charge in [0.15, 0.2) is 12.4 Å². The zero-order valence-electron chi connectivity index (χ0n) is 14.3. The van der Waals surface area contributed by atoms with Crippen LogP contribution in [0.5, 0.6) is 5.75 Å². The van der Waals surface area contributed by atoms with Crippen LogP contribution in [-0.2, 0) is 4.79 Å². The second kappa shape index (κ2) is 7.98. The summed E-state index contributed by atoms with van der Waals surface area (Å²) in [7, 11) is 0. The third kappa shape index (κ3) is 4.70. The molecule has 1 aromatic carbocycles. The molecule has 1 aromatic heterocycles. The van der Waals surface area contributed by atoms with Crippen molar-refractivity contribution in [1.82, 2.24) is 9.80 Å². The Balaban J connectivity index is 1.41. The summed E-state index contributed by atoms with van der Waals surface area (Å²) < 4.78 is 10.7. The number of amides is 1. The van der Waals surface area contributed by atoms with E-state index in [1.807, 2.05) is 36.1 Å². The lowest BCUT2D eigenvalue weighted by Gasteiger charge is -2.34. The second-order valence-corrected chi connectivity index (χ2v) is 6.16.